The molecule has 0 fully saturated rings. The third-order valence-electron chi connectivity index (χ3n) is 6.69. The van der Waals surface area contributed by atoms with Gasteiger partial charge in [0.25, 0.3) is 15.9 Å². The van der Waals surface area contributed by atoms with Crippen molar-refractivity contribution in [3.8, 4) is 0 Å². The van der Waals surface area contributed by atoms with Gasteiger partial charge in [-0.15, -0.1) is 0 Å². The van der Waals surface area contributed by atoms with Crippen molar-refractivity contribution in [2.24, 2.45) is 0 Å². The maximum absolute atomic E-state index is 13.0. The number of aryl methyl sites for hydroxylation is 1. The van der Waals surface area contributed by atoms with Crippen molar-refractivity contribution >= 4 is 53.8 Å². The molecule has 42 heavy (non-hydrogen) atoms. The molecule has 5 rings (SSSR count). The Morgan fingerprint density at radius 1 is 0.762 bits per heavy atom. The molecule has 0 radical (unpaired) electrons. The zero-order valence-electron chi connectivity index (χ0n) is 23.0. The van der Waals surface area contributed by atoms with E-state index in [2.05, 4.69) is 10.0 Å². The number of carbonyl (C=O) groups excluding carboxylic acids is 1. The SMILES string of the molecule is Cc1cccc(N(Cc2ccc(C(=O)Nc3ccc(S(=O)(=O)Nc4cccc5ccccc45)cc3)cc2)S(C)(=O)=O)c1. The van der Waals surface area contributed by atoms with Gasteiger partial charge in [0.1, 0.15) is 0 Å². The number of nitrogens with zero attached hydrogens (tertiary/aromatic N) is 1. The van der Waals surface area contributed by atoms with Crippen molar-refractivity contribution in [3.05, 3.63) is 132 Å². The van der Waals surface area contributed by atoms with E-state index in [9.17, 15) is 21.6 Å². The summed E-state index contributed by atoms with van der Waals surface area (Å²) in [6.45, 7) is 2.01. The van der Waals surface area contributed by atoms with Crippen LogP contribution in [-0.2, 0) is 26.6 Å². The van der Waals surface area contributed by atoms with Crippen LogP contribution in [0.5, 0.6) is 0 Å². The zero-order chi connectivity index (χ0) is 29.9. The maximum Gasteiger partial charge on any atom is 0.261 e. The Hall–Kier alpha value is -4.67. The fraction of sp³-hybridized carbons (Fsp3) is 0.0938. The average Bonchev–Trinajstić information content (AvgIpc) is 2.96. The molecule has 0 atom stereocenters. The number of fused-ring (bicyclic) bond motifs is 1. The second-order valence-electron chi connectivity index (χ2n) is 9.92. The van der Waals surface area contributed by atoms with Crippen LogP contribution in [0, 0.1) is 6.92 Å². The maximum atomic E-state index is 13.0. The zero-order valence-corrected chi connectivity index (χ0v) is 24.6. The van der Waals surface area contributed by atoms with Crippen LogP contribution >= 0.6 is 0 Å². The summed E-state index contributed by atoms with van der Waals surface area (Å²) in [5.74, 6) is -0.385. The molecule has 0 saturated carbocycles. The van der Waals surface area contributed by atoms with Crippen molar-refractivity contribution in [2.75, 3.05) is 20.6 Å². The van der Waals surface area contributed by atoms with Gasteiger partial charge < -0.3 is 5.32 Å². The quantitative estimate of drug-likeness (QED) is 0.211. The minimum absolute atomic E-state index is 0.0572. The number of nitrogens with one attached hydrogen (secondary N) is 2. The van der Waals surface area contributed by atoms with Gasteiger partial charge in [0, 0.05) is 16.6 Å². The first-order valence-electron chi connectivity index (χ1n) is 13.0. The Bertz CT molecular complexity index is 1970. The van der Waals surface area contributed by atoms with Crippen LogP contribution < -0.4 is 14.3 Å². The van der Waals surface area contributed by atoms with Crippen LogP contribution in [0.3, 0.4) is 0 Å². The standard InChI is InChI=1S/C32H29N3O5S2/c1-23-7-5-10-28(21-23)35(41(2,37)38)22-24-13-15-26(16-14-24)32(36)33-27-17-19-29(20-18-27)42(39,40)34-31-12-6-9-25-8-3-4-11-30(25)31/h3-21,34H,22H2,1-2H3,(H,33,36). The van der Waals surface area contributed by atoms with E-state index in [-0.39, 0.29) is 17.3 Å². The van der Waals surface area contributed by atoms with Crippen LogP contribution in [0.4, 0.5) is 17.1 Å². The lowest BCUT2D eigenvalue weighted by Gasteiger charge is -2.23. The first-order chi connectivity index (χ1) is 20.0. The monoisotopic (exact) mass is 599 g/mol. The molecule has 0 bridgehead atoms. The first-order valence-corrected chi connectivity index (χ1v) is 16.4. The summed E-state index contributed by atoms with van der Waals surface area (Å²) in [6, 6.07) is 32.7. The summed E-state index contributed by atoms with van der Waals surface area (Å²) in [6.07, 6.45) is 1.16. The van der Waals surface area contributed by atoms with Gasteiger partial charge in [0.05, 0.1) is 29.1 Å². The largest absolute Gasteiger partial charge is 0.322 e. The third kappa shape index (κ3) is 6.62. The predicted molar refractivity (Wildman–Crippen MR) is 168 cm³/mol. The number of benzene rings is 5. The minimum atomic E-state index is -3.86. The second kappa shape index (κ2) is 11.7. The lowest BCUT2D eigenvalue weighted by Crippen LogP contribution is -2.29. The van der Waals surface area contributed by atoms with Crippen LogP contribution in [0.15, 0.2) is 120 Å². The average molecular weight is 600 g/mol. The van der Waals surface area contributed by atoms with E-state index in [4.69, 9.17) is 0 Å². The van der Waals surface area contributed by atoms with E-state index in [1.807, 2.05) is 43.3 Å². The smallest absolute Gasteiger partial charge is 0.261 e. The summed E-state index contributed by atoms with van der Waals surface area (Å²) in [5.41, 5.74) is 3.50. The summed E-state index contributed by atoms with van der Waals surface area (Å²) < 4.78 is 55.0. The highest BCUT2D eigenvalue weighted by Gasteiger charge is 2.19. The molecular weight excluding hydrogens is 571 g/mol. The highest BCUT2D eigenvalue weighted by atomic mass is 32.2. The van der Waals surface area contributed by atoms with Crippen molar-refractivity contribution in [1.82, 2.24) is 0 Å². The van der Waals surface area contributed by atoms with Gasteiger partial charge >= 0.3 is 0 Å². The van der Waals surface area contributed by atoms with Gasteiger partial charge in [-0.1, -0.05) is 60.7 Å². The lowest BCUT2D eigenvalue weighted by molar-refractivity contribution is 0.102. The fourth-order valence-corrected chi connectivity index (χ4v) is 6.51. The molecule has 2 N–H and O–H groups in total. The molecule has 0 heterocycles. The Balaban J connectivity index is 1.26. The number of rotatable bonds is 9. The Morgan fingerprint density at radius 2 is 1.43 bits per heavy atom. The number of anilines is 3. The number of hydrogen-bond donors (Lipinski definition) is 2. The number of amides is 1. The van der Waals surface area contributed by atoms with E-state index in [1.165, 1.54) is 28.6 Å². The molecule has 0 aliphatic heterocycles. The molecule has 0 unspecified atom stereocenters. The summed E-state index contributed by atoms with van der Waals surface area (Å²) >= 11 is 0. The normalized spacial score (nSPS) is 11.7. The van der Waals surface area contributed by atoms with Crippen LogP contribution in [0.25, 0.3) is 10.8 Å². The molecular formula is C32H29N3O5S2. The molecule has 5 aromatic rings. The molecule has 8 nitrogen and oxygen atoms in total. The second-order valence-corrected chi connectivity index (χ2v) is 13.5. The fourth-order valence-electron chi connectivity index (χ4n) is 4.55. The predicted octanol–water partition coefficient (Wildman–Crippen LogP) is 6.17. The summed E-state index contributed by atoms with van der Waals surface area (Å²) in [7, 11) is -7.39. The van der Waals surface area contributed by atoms with E-state index in [1.54, 1.807) is 54.6 Å². The highest BCUT2D eigenvalue weighted by molar-refractivity contribution is 7.92. The van der Waals surface area contributed by atoms with Gasteiger partial charge in [0.15, 0.2) is 0 Å². The number of sulfonamides is 2. The van der Waals surface area contributed by atoms with Gasteiger partial charge in [-0.3, -0.25) is 13.8 Å². The molecule has 10 heteroatoms. The molecule has 1 amide bonds. The molecule has 5 aromatic carbocycles. The summed E-state index contributed by atoms with van der Waals surface area (Å²) in [5, 5.41) is 4.48. The third-order valence-corrected chi connectivity index (χ3v) is 9.21. The Labute approximate surface area is 245 Å². The van der Waals surface area contributed by atoms with Gasteiger partial charge in [-0.25, -0.2) is 16.8 Å². The molecule has 0 aliphatic rings. The van der Waals surface area contributed by atoms with Gasteiger partial charge in [-0.05, 0) is 78.0 Å². The van der Waals surface area contributed by atoms with Crippen LogP contribution in [0.1, 0.15) is 21.5 Å². The summed E-state index contributed by atoms with van der Waals surface area (Å²) in [4.78, 5) is 12.9. The van der Waals surface area contributed by atoms with Crippen molar-refractivity contribution < 1.29 is 21.6 Å². The first kappa shape index (κ1) is 28.8. The van der Waals surface area contributed by atoms with E-state index >= 15 is 0 Å². The molecule has 0 aromatic heterocycles. The minimum Gasteiger partial charge on any atom is -0.322 e. The Morgan fingerprint density at radius 3 is 2.12 bits per heavy atom. The molecule has 0 spiro atoms. The lowest BCUT2D eigenvalue weighted by atomic mass is 10.1. The topological polar surface area (TPSA) is 113 Å². The van der Waals surface area contributed by atoms with Crippen molar-refractivity contribution in [1.29, 1.82) is 0 Å². The van der Waals surface area contributed by atoms with E-state index in [0.717, 1.165) is 22.6 Å². The number of hydrogen-bond acceptors (Lipinski definition) is 5. The van der Waals surface area contributed by atoms with Gasteiger partial charge in [0.2, 0.25) is 10.0 Å². The Kier molecular flexibility index (Phi) is 8.02. The molecule has 214 valence electrons. The van der Waals surface area contributed by atoms with E-state index < -0.39 is 20.0 Å². The van der Waals surface area contributed by atoms with Crippen LogP contribution in [0.2, 0.25) is 0 Å². The molecule has 0 saturated heterocycles. The van der Waals surface area contributed by atoms with Gasteiger partial charge in [-0.2, -0.15) is 0 Å². The molecule has 0 aliphatic carbocycles. The van der Waals surface area contributed by atoms with E-state index in [0.29, 0.717) is 28.2 Å². The highest BCUT2D eigenvalue weighted by Crippen LogP contribution is 2.26. The van der Waals surface area contributed by atoms with Crippen molar-refractivity contribution in [2.45, 2.75) is 18.4 Å². The number of carbonyl (C=O) groups is 1. The van der Waals surface area contributed by atoms with Crippen molar-refractivity contribution in [3.63, 3.8) is 0 Å². The van der Waals surface area contributed by atoms with Crippen LogP contribution in [-0.4, -0.2) is 29.0 Å².